The number of carbonyl (C=O) groups is 1. The molecule has 0 aromatic carbocycles. The van der Waals surface area contributed by atoms with Crippen molar-refractivity contribution in [2.75, 3.05) is 12.4 Å². The Labute approximate surface area is 145 Å². The van der Waals surface area contributed by atoms with E-state index in [1.54, 1.807) is 13.2 Å². The lowest BCUT2D eigenvalue weighted by molar-refractivity contribution is -0.139. The van der Waals surface area contributed by atoms with E-state index in [0.717, 1.165) is 42.5 Å². The fourth-order valence-corrected chi connectivity index (χ4v) is 3.75. The molecular formula is C18H18N2O3S. The maximum Gasteiger partial charge on any atom is 0.316 e. The highest BCUT2D eigenvalue weighted by Gasteiger charge is 2.24. The summed E-state index contributed by atoms with van der Waals surface area (Å²) < 4.78 is 10.5. The van der Waals surface area contributed by atoms with E-state index in [2.05, 4.69) is 11.1 Å². The van der Waals surface area contributed by atoms with Gasteiger partial charge < -0.3 is 9.15 Å². The molecule has 0 saturated carbocycles. The van der Waals surface area contributed by atoms with E-state index in [1.165, 1.54) is 11.8 Å². The van der Waals surface area contributed by atoms with Gasteiger partial charge in [-0.1, -0.05) is 11.8 Å². The smallest absolute Gasteiger partial charge is 0.316 e. The predicted octanol–water partition coefficient (Wildman–Crippen LogP) is 3.75. The molecule has 0 radical (unpaired) electrons. The van der Waals surface area contributed by atoms with Crippen molar-refractivity contribution in [1.29, 1.82) is 5.26 Å². The van der Waals surface area contributed by atoms with E-state index in [-0.39, 0.29) is 11.7 Å². The van der Waals surface area contributed by atoms with Crippen LogP contribution in [0.15, 0.2) is 27.8 Å². The molecule has 3 rings (SSSR count). The van der Waals surface area contributed by atoms with E-state index in [9.17, 15) is 10.1 Å². The Balaban J connectivity index is 2.04. The minimum absolute atomic E-state index is 0.145. The first-order valence-corrected chi connectivity index (χ1v) is 9.01. The lowest BCUT2D eigenvalue weighted by Gasteiger charge is -2.20. The van der Waals surface area contributed by atoms with Crippen LogP contribution in [0.5, 0.6) is 0 Å². The third kappa shape index (κ3) is 3.31. The number of fused-ring (bicyclic) bond motifs is 1. The zero-order chi connectivity index (χ0) is 16.9. The minimum atomic E-state index is -0.301. The maximum absolute atomic E-state index is 11.6. The van der Waals surface area contributed by atoms with Gasteiger partial charge >= 0.3 is 5.97 Å². The van der Waals surface area contributed by atoms with Crippen molar-refractivity contribution >= 4 is 17.7 Å². The van der Waals surface area contributed by atoms with E-state index in [4.69, 9.17) is 9.15 Å². The number of ether oxygens (including phenoxy) is 1. The number of rotatable bonds is 5. The van der Waals surface area contributed by atoms with Gasteiger partial charge in [0.1, 0.15) is 16.9 Å². The molecule has 24 heavy (non-hydrogen) atoms. The number of furan rings is 1. The first-order valence-electron chi connectivity index (χ1n) is 8.02. The van der Waals surface area contributed by atoms with Gasteiger partial charge in [-0.05, 0) is 50.3 Å². The number of thioether (sulfide) groups is 1. The molecule has 2 heterocycles. The fourth-order valence-electron chi connectivity index (χ4n) is 2.95. The Bertz CT molecular complexity index is 779. The molecule has 2 aromatic rings. The van der Waals surface area contributed by atoms with Crippen LogP contribution < -0.4 is 0 Å². The molecule has 0 spiro atoms. The number of hydrogen-bond acceptors (Lipinski definition) is 6. The van der Waals surface area contributed by atoms with Crippen LogP contribution in [0.3, 0.4) is 0 Å². The minimum Gasteiger partial charge on any atom is -0.465 e. The highest BCUT2D eigenvalue weighted by molar-refractivity contribution is 7.99. The number of carbonyl (C=O) groups excluding carboxylic acids is 1. The number of aryl methyl sites for hydroxylation is 1. The van der Waals surface area contributed by atoms with Crippen molar-refractivity contribution in [3.05, 3.63) is 35.2 Å². The molecule has 0 N–H and O–H groups in total. The summed E-state index contributed by atoms with van der Waals surface area (Å²) in [6, 6.07) is 5.95. The summed E-state index contributed by atoms with van der Waals surface area (Å²) in [7, 11) is 0. The predicted molar refractivity (Wildman–Crippen MR) is 90.7 cm³/mol. The van der Waals surface area contributed by atoms with Crippen LogP contribution in [0.4, 0.5) is 0 Å². The summed E-state index contributed by atoms with van der Waals surface area (Å²) in [5.74, 6) is 0.530. The molecule has 5 nitrogen and oxygen atoms in total. The van der Waals surface area contributed by atoms with Gasteiger partial charge in [-0.15, -0.1) is 0 Å². The zero-order valence-electron chi connectivity index (χ0n) is 13.5. The van der Waals surface area contributed by atoms with Gasteiger partial charge in [0.15, 0.2) is 0 Å². The maximum atomic E-state index is 11.6. The van der Waals surface area contributed by atoms with Gasteiger partial charge in [-0.3, -0.25) is 4.79 Å². The monoisotopic (exact) mass is 342 g/mol. The third-order valence-corrected chi connectivity index (χ3v) is 4.90. The van der Waals surface area contributed by atoms with Gasteiger partial charge in [-0.25, -0.2) is 4.98 Å². The summed E-state index contributed by atoms with van der Waals surface area (Å²) in [5, 5.41) is 10.3. The Morgan fingerprint density at radius 2 is 2.29 bits per heavy atom. The quantitative estimate of drug-likeness (QED) is 0.608. The highest BCUT2D eigenvalue weighted by Crippen LogP contribution is 2.38. The van der Waals surface area contributed by atoms with E-state index in [1.807, 2.05) is 12.1 Å². The first-order chi connectivity index (χ1) is 11.7. The molecule has 0 bridgehead atoms. The topological polar surface area (TPSA) is 76.1 Å². The second kappa shape index (κ2) is 7.54. The Kier molecular flexibility index (Phi) is 5.21. The fraction of sp³-hybridized carbons (Fsp3) is 0.389. The van der Waals surface area contributed by atoms with Crippen LogP contribution in [0, 0.1) is 11.3 Å². The van der Waals surface area contributed by atoms with Crippen molar-refractivity contribution in [1.82, 2.24) is 4.98 Å². The van der Waals surface area contributed by atoms with Gasteiger partial charge in [-0.2, -0.15) is 5.26 Å². The Morgan fingerprint density at radius 3 is 3.00 bits per heavy atom. The summed E-state index contributed by atoms with van der Waals surface area (Å²) in [6.45, 7) is 2.12. The van der Waals surface area contributed by atoms with Crippen LogP contribution in [-0.2, 0) is 22.4 Å². The summed E-state index contributed by atoms with van der Waals surface area (Å²) in [6.07, 6.45) is 5.57. The SMILES string of the molecule is CCOC(=O)CSc1nc2c(c(-c3ccco3)c1C#N)CCCC2. The van der Waals surface area contributed by atoms with Crippen molar-refractivity contribution in [3.8, 4) is 17.4 Å². The molecule has 0 saturated heterocycles. The molecule has 0 aliphatic heterocycles. The molecule has 0 fully saturated rings. The molecule has 1 aliphatic rings. The Morgan fingerprint density at radius 1 is 1.46 bits per heavy atom. The Hall–Kier alpha value is -2.26. The largest absolute Gasteiger partial charge is 0.465 e. The lowest BCUT2D eigenvalue weighted by atomic mass is 9.89. The second-order valence-electron chi connectivity index (χ2n) is 5.48. The lowest BCUT2D eigenvalue weighted by Crippen LogP contribution is -2.12. The average molecular weight is 342 g/mol. The van der Waals surface area contributed by atoms with Crippen LogP contribution in [0.25, 0.3) is 11.3 Å². The molecule has 0 amide bonds. The number of esters is 1. The van der Waals surface area contributed by atoms with Gasteiger partial charge in [0, 0.05) is 11.3 Å². The molecule has 0 unspecified atom stereocenters. The van der Waals surface area contributed by atoms with Crippen LogP contribution >= 0.6 is 11.8 Å². The van der Waals surface area contributed by atoms with E-state index in [0.29, 0.717) is 23.0 Å². The average Bonchev–Trinajstić information content (AvgIpc) is 3.13. The number of nitrogens with zero attached hydrogens (tertiary/aromatic N) is 2. The number of pyridine rings is 1. The molecule has 0 atom stereocenters. The molecule has 6 heteroatoms. The first kappa shape index (κ1) is 16.6. The van der Waals surface area contributed by atoms with Crippen LogP contribution in [0.1, 0.15) is 36.6 Å². The highest BCUT2D eigenvalue weighted by atomic mass is 32.2. The second-order valence-corrected chi connectivity index (χ2v) is 6.45. The third-order valence-electron chi connectivity index (χ3n) is 3.95. The number of hydrogen-bond donors (Lipinski definition) is 0. The van der Waals surface area contributed by atoms with Gasteiger partial charge in [0.25, 0.3) is 0 Å². The van der Waals surface area contributed by atoms with Crippen molar-refractivity contribution in [2.45, 2.75) is 37.6 Å². The summed E-state index contributed by atoms with van der Waals surface area (Å²) >= 11 is 1.25. The van der Waals surface area contributed by atoms with E-state index >= 15 is 0 Å². The molecular weight excluding hydrogens is 324 g/mol. The van der Waals surface area contributed by atoms with E-state index < -0.39 is 0 Å². The van der Waals surface area contributed by atoms with Crippen molar-refractivity contribution in [2.24, 2.45) is 0 Å². The zero-order valence-corrected chi connectivity index (χ0v) is 14.3. The normalized spacial score (nSPS) is 13.2. The standard InChI is InChI=1S/C18H18N2O3S/c1-2-22-16(21)11-24-18-13(10-19)17(15-8-5-9-23-15)12-6-3-4-7-14(12)20-18/h5,8-9H,2-4,6-7,11H2,1H3. The van der Waals surface area contributed by atoms with Crippen LogP contribution in [0.2, 0.25) is 0 Å². The van der Waals surface area contributed by atoms with Crippen LogP contribution in [-0.4, -0.2) is 23.3 Å². The van der Waals surface area contributed by atoms with Crippen molar-refractivity contribution in [3.63, 3.8) is 0 Å². The number of nitriles is 1. The van der Waals surface area contributed by atoms with Gasteiger partial charge in [0.05, 0.1) is 24.2 Å². The molecule has 2 aromatic heterocycles. The molecule has 124 valence electrons. The van der Waals surface area contributed by atoms with Crippen molar-refractivity contribution < 1.29 is 13.9 Å². The van der Waals surface area contributed by atoms with Gasteiger partial charge in [0.2, 0.25) is 0 Å². The number of aromatic nitrogens is 1. The summed E-state index contributed by atoms with van der Waals surface area (Å²) in [4.78, 5) is 16.3. The molecule has 1 aliphatic carbocycles. The summed E-state index contributed by atoms with van der Waals surface area (Å²) in [5.41, 5.74) is 3.43.